The molecule has 1 aliphatic rings. The third-order valence-corrected chi connectivity index (χ3v) is 4.99. The molecule has 2 heterocycles. The molecule has 0 radical (unpaired) electrons. The number of rotatable bonds is 6. The first-order valence-electron chi connectivity index (χ1n) is 8.93. The number of benzene rings is 1. The summed E-state index contributed by atoms with van der Waals surface area (Å²) in [5, 5.41) is 3.29. The van der Waals surface area contributed by atoms with Crippen molar-refractivity contribution in [3.63, 3.8) is 0 Å². The topological polar surface area (TPSA) is 74.1 Å². The molecule has 0 atom stereocenters. The first-order valence-corrected chi connectivity index (χ1v) is 8.93. The Kier molecular flexibility index (Phi) is 4.60. The molecule has 0 unspecified atom stereocenters. The molecule has 4 rings (SSSR count). The van der Waals surface area contributed by atoms with Crippen molar-refractivity contribution in [3.8, 4) is 11.5 Å². The van der Waals surface area contributed by atoms with Gasteiger partial charge in [0, 0.05) is 6.04 Å². The molecular formula is C19H23N5O2. The number of anilines is 1. The maximum absolute atomic E-state index is 5.45. The van der Waals surface area contributed by atoms with Crippen molar-refractivity contribution in [2.75, 3.05) is 19.5 Å². The van der Waals surface area contributed by atoms with Gasteiger partial charge in [-0.1, -0.05) is 18.9 Å². The molecule has 136 valence electrons. The molecule has 0 bridgehead atoms. The van der Waals surface area contributed by atoms with Crippen LogP contribution in [0.1, 0.15) is 37.3 Å². The minimum absolute atomic E-state index is 0.497. The molecule has 0 aliphatic heterocycles. The van der Waals surface area contributed by atoms with Crippen LogP contribution in [0.3, 0.4) is 0 Å². The molecule has 7 nitrogen and oxygen atoms in total. The van der Waals surface area contributed by atoms with Crippen molar-refractivity contribution < 1.29 is 9.47 Å². The van der Waals surface area contributed by atoms with E-state index in [0.29, 0.717) is 18.5 Å². The number of hydrogen-bond acceptors (Lipinski definition) is 6. The maximum Gasteiger partial charge on any atom is 0.225 e. The van der Waals surface area contributed by atoms with Crippen molar-refractivity contribution in [1.82, 2.24) is 19.5 Å². The van der Waals surface area contributed by atoms with Crippen LogP contribution in [0.2, 0.25) is 0 Å². The Labute approximate surface area is 152 Å². The van der Waals surface area contributed by atoms with E-state index in [9.17, 15) is 0 Å². The normalized spacial score (nSPS) is 14.7. The minimum Gasteiger partial charge on any atom is -0.496 e. The average molecular weight is 353 g/mol. The van der Waals surface area contributed by atoms with Gasteiger partial charge in [0.1, 0.15) is 17.0 Å². The highest BCUT2D eigenvalue weighted by atomic mass is 16.5. The summed E-state index contributed by atoms with van der Waals surface area (Å²) in [4.78, 5) is 13.5. The van der Waals surface area contributed by atoms with Crippen molar-refractivity contribution in [1.29, 1.82) is 0 Å². The van der Waals surface area contributed by atoms with Gasteiger partial charge in [-0.15, -0.1) is 0 Å². The Balaban J connectivity index is 1.59. The number of fused-ring (bicyclic) bond motifs is 1. The van der Waals surface area contributed by atoms with E-state index in [1.54, 1.807) is 20.4 Å². The number of hydrogen-bond donors (Lipinski definition) is 1. The number of imidazole rings is 1. The van der Waals surface area contributed by atoms with Gasteiger partial charge >= 0.3 is 0 Å². The van der Waals surface area contributed by atoms with Crippen molar-refractivity contribution in [2.45, 2.75) is 38.3 Å². The molecule has 1 saturated carbocycles. The quantitative estimate of drug-likeness (QED) is 0.730. The van der Waals surface area contributed by atoms with Gasteiger partial charge < -0.3 is 19.4 Å². The molecule has 3 aromatic rings. The zero-order valence-electron chi connectivity index (χ0n) is 15.1. The molecule has 0 amide bonds. The largest absolute Gasteiger partial charge is 0.496 e. The molecule has 1 N–H and O–H groups in total. The second kappa shape index (κ2) is 7.19. The van der Waals surface area contributed by atoms with E-state index in [-0.39, 0.29) is 0 Å². The van der Waals surface area contributed by atoms with Gasteiger partial charge in [-0.05, 0) is 25.0 Å². The van der Waals surface area contributed by atoms with E-state index in [1.165, 1.54) is 25.7 Å². The summed E-state index contributed by atoms with van der Waals surface area (Å²) in [5.74, 6) is 2.12. The van der Waals surface area contributed by atoms with Gasteiger partial charge in [0.25, 0.3) is 0 Å². The van der Waals surface area contributed by atoms with Crippen LogP contribution in [0.15, 0.2) is 30.7 Å². The summed E-state index contributed by atoms with van der Waals surface area (Å²) >= 11 is 0. The van der Waals surface area contributed by atoms with Gasteiger partial charge in [0.2, 0.25) is 5.95 Å². The number of nitrogens with one attached hydrogen (secondary N) is 1. The lowest BCUT2D eigenvalue weighted by molar-refractivity contribution is 0.386. The van der Waals surface area contributed by atoms with E-state index in [0.717, 1.165) is 28.2 Å². The fourth-order valence-electron chi connectivity index (χ4n) is 3.63. The van der Waals surface area contributed by atoms with Gasteiger partial charge in [0.15, 0.2) is 5.65 Å². The Bertz CT molecular complexity index is 880. The fourth-order valence-corrected chi connectivity index (χ4v) is 3.63. The molecular weight excluding hydrogens is 330 g/mol. The zero-order valence-corrected chi connectivity index (χ0v) is 15.1. The molecule has 2 aromatic heterocycles. The molecule has 0 spiro atoms. The summed E-state index contributed by atoms with van der Waals surface area (Å²) in [6, 6.07) is 6.23. The van der Waals surface area contributed by atoms with Gasteiger partial charge in [-0.25, -0.2) is 9.97 Å². The van der Waals surface area contributed by atoms with E-state index < -0.39 is 0 Å². The average Bonchev–Trinajstić information content (AvgIpc) is 3.34. The van der Waals surface area contributed by atoms with Crippen LogP contribution in [-0.4, -0.2) is 33.7 Å². The van der Waals surface area contributed by atoms with Crippen LogP contribution in [-0.2, 0) is 6.54 Å². The summed E-state index contributed by atoms with van der Waals surface area (Å²) in [5.41, 5.74) is 2.66. The predicted octanol–water partition coefficient (Wildman–Crippen LogP) is 3.57. The van der Waals surface area contributed by atoms with E-state index in [4.69, 9.17) is 14.5 Å². The summed E-state index contributed by atoms with van der Waals surface area (Å²) in [6.45, 7) is 0.510. The van der Waals surface area contributed by atoms with Gasteiger partial charge in [-0.2, -0.15) is 4.98 Å². The monoisotopic (exact) mass is 353 g/mol. The first-order chi connectivity index (χ1) is 12.8. The predicted molar refractivity (Wildman–Crippen MR) is 99.7 cm³/mol. The van der Waals surface area contributed by atoms with Crippen LogP contribution < -0.4 is 14.8 Å². The smallest absolute Gasteiger partial charge is 0.225 e. The summed E-state index contributed by atoms with van der Waals surface area (Å²) < 4.78 is 13.1. The SMILES string of the molecule is COc1cccc(OC)c1CNc1ncc2ncn(C3CCCC3)c2n1. The van der Waals surface area contributed by atoms with Crippen molar-refractivity contribution in [3.05, 3.63) is 36.3 Å². The lowest BCUT2D eigenvalue weighted by Gasteiger charge is -2.14. The molecule has 7 heteroatoms. The Morgan fingerprint density at radius 2 is 1.85 bits per heavy atom. The van der Waals surface area contributed by atoms with Crippen molar-refractivity contribution >= 4 is 17.1 Å². The Morgan fingerprint density at radius 3 is 2.54 bits per heavy atom. The standard InChI is InChI=1S/C19H23N5O2/c1-25-16-8-5-9-17(26-2)14(16)10-20-19-21-11-15-18(23-19)24(12-22-15)13-6-3-4-7-13/h5,8-9,11-13H,3-4,6-7,10H2,1-2H3,(H,20,21,23). The first kappa shape index (κ1) is 16.6. The highest BCUT2D eigenvalue weighted by molar-refractivity contribution is 5.71. The van der Waals surface area contributed by atoms with Crippen LogP contribution in [0, 0.1) is 0 Å². The van der Waals surface area contributed by atoms with E-state index in [1.807, 2.05) is 24.5 Å². The minimum atomic E-state index is 0.497. The molecule has 1 aromatic carbocycles. The number of methoxy groups -OCH3 is 2. The fraction of sp³-hybridized carbons (Fsp3) is 0.421. The van der Waals surface area contributed by atoms with Gasteiger partial charge in [-0.3, -0.25) is 0 Å². The van der Waals surface area contributed by atoms with Crippen LogP contribution >= 0.6 is 0 Å². The lowest BCUT2D eigenvalue weighted by Crippen LogP contribution is -2.08. The molecule has 26 heavy (non-hydrogen) atoms. The van der Waals surface area contributed by atoms with Crippen LogP contribution in [0.5, 0.6) is 11.5 Å². The summed E-state index contributed by atoms with van der Waals surface area (Å²) in [6.07, 6.45) is 8.59. The number of nitrogens with zero attached hydrogens (tertiary/aromatic N) is 4. The Hall–Kier alpha value is -2.83. The van der Waals surface area contributed by atoms with Crippen molar-refractivity contribution in [2.24, 2.45) is 0 Å². The molecule has 1 aliphatic carbocycles. The highest BCUT2D eigenvalue weighted by Gasteiger charge is 2.20. The molecule has 1 fully saturated rings. The zero-order chi connectivity index (χ0) is 17.9. The van der Waals surface area contributed by atoms with Crippen LogP contribution in [0.25, 0.3) is 11.2 Å². The van der Waals surface area contributed by atoms with E-state index in [2.05, 4.69) is 19.9 Å². The Morgan fingerprint density at radius 1 is 1.12 bits per heavy atom. The van der Waals surface area contributed by atoms with Gasteiger partial charge in [0.05, 0.1) is 38.9 Å². The third kappa shape index (κ3) is 3.05. The maximum atomic E-state index is 5.45. The lowest BCUT2D eigenvalue weighted by atomic mass is 10.1. The number of aromatic nitrogens is 4. The second-order valence-corrected chi connectivity index (χ2v) is 6.49. The third-order valence-electron chi connectivity index (χ3n) is 4.99. The van der Waals surface area contributed by atoms with E-state index >= 15 is 0 Å². The number of ether oxygens (including phenoxy) is 2. The second-order valence-electron chi connectivity index (χ2n) is 6.49. The highest BCUT2D eigenvalue weighted by Crippen LogP contribution is 2.32. The van der Waals surface area contributed by atoms with Crippen LogP contribution in [0.4, 0.5) is 5.95 Å². The molecule has 0 saturated heterocycles. The summed E-state index contributed by atoms with van der Waals surface area (Å²) in [7, 11) is 3.31.